The molecule has 0 aromatic carbocycles. The van der Waals surface area contributed by atoms with E-state index in [-0.39, 0.29) is 12.2 Å². The molecule has 6 nitrogen and oxygen atoms in total. The molecular weight excluding hydrogens is 316 g/mol. The van der Waals surface area contributed by atoms with Gasteiger partial charge in [0.05, 0.1) is 13.3 Å². The fraction of sp³-hybridized carbons (Fsp3) is 0.789. The van der Waals surface area contributed by atoms with E-state index in [0.717, 1.165) is 26.4 Å². The monoisotopic (exact) mass is 350 g/mol. The maximum absolute atomic E-state index is 6.22. The van der Waals surface area contributed by atoms with Crippen molar-refractivity contribution in [3.63, 3.8) is 0 Å². The minimum absolute atomic E-state index is 0.0771. The summed E-state index contributed by atoms with van der Waals surface area (Å²) < 4.78 is 12.4. The highest BCUT2D eigenvalue weighted by Gasteiger charge is 2.43. The molecule has 0 saturated carbocycles. The molecule has 0 unspecified atom stereocenters. The van der Waals surface area contributed by atoms with E-state index in [9.17, 15) is 0 Å². The molecule has 25 heavy (non-hydrogen) atoms. The smallest absolute Gasteiger partial charge is 0.163 e. The molecule has 3 heterocycles. The average Bonchev–Trinajstić information content (AvgIpc) is 3.19. The van der Waals surface area contributed by atoms with Crippen LogP contribution in [0.4, 0.5) is 0 Å². The van der Waals surface area contributed by atoms with E-state index in [1.165, 1.54) is 0 Å². The Hall–Kier alpha value is -1.40. The Morgan fingerprint density at radius 2 is 1.20 bits per heavy atom. The minimum atomic E-state index is -0.516. The minimum Gasteiger partial charge on any atom is -0.356 e. The van der Waals surface area contributed by atoms with Gasteiger partial charge < -0.3 is 29.1 Å². The van der Waals surface area contributed by atoms with Gasteiger partial charge in [-0.05, 0) is 41.5 Å². The largest absolute Gasteiger partial charge is 0.356 e. The molecule has 0 aliphatic carbocycles. The van der Waals surface area contributed by atoms with Crippen LogP contribution in [0.1, 0.15) is 41.5 Å². The normalized spacial score (nSPS) is 28.5. The van der Waals surface area contributed by atoms with Gasteiger partial charge in [0.15, 0.2) is 5.79 Å². The lowest BCUT2D eigenvalue weighted by Crippen LogP contribution is -2.43. The lowest BCUT2D eigenvalue weighted by atomic mass is 10.2. The van der Waals surface area contributed by atoms with Crippen LogP contribution in [-0.4, -0.2) is 76.1 Å². The highest BCUT2D eigenvalue weighted by molar-refractivity contribution is 4.98. The van der Waals surface area contributed by atoms with Crippen molar-refractivity contribution in [2.45, 2.75) is 71.6 Å². The molecule has 142 valence electrons. The highest BCUT2D eigenvalue weighted by Crippen LogP contribution is 2.30. The van der Waals surface area contributed by atoms with Gasteiger partial charge in [-0.2, -0.15) is 0 Å². The summed E-state index contributed by atoms with van der Waals surface area (Å²) in [5.74, 6) is -0.516. The summed E-state index contributed by atoms with van der Waals surface area (Å²) in [5, 5.41) is 0. The number of hydrogen-bond donors (Lipinski definition) is 0. The lowest BCUT2D eigenvalue weighted by molar-refractivity contribution is -0.148. The molecule has 1 fully saturated rings. The molecule has 3 aliphatic rings. The quantitative estimate of drug-likeness (QED) is 0.731. The van der Waals surface area contributed by atoms with Gasteiger partial charge >= 0.3 is 0 Å². The van der Waals surface area contributed by atoms with Crippen LogP contribution in [0.3, 0.4) is 0 Å². The van der Waals surface area contributed by atoms with Gasteiger partial charge in [-0.25, -0.2) is 0 Å². The Labute approximate surface area is 152 Å². The number of rotatable bonds is 6. The fourth-order valence-corrected chi connectivity index (χ4v) is 3.56. The summed E-state index contributed by atoms with van der Waals surface area (Å²) in [6, 6.07) is 1.04. The molecule has 0 amide bonds. The van der Waals surface area contributed by atoms with Crippen LogP contribution in [0.25, 0.3) is 0 Å². The van der Waals surface area contributed by atoms with Crippen molar-refractivity contribution in [1.29, 1.82) is 0 Å². The summed E-state index contributed by atoms with van der Waals surface area (Å²) in [7, 11) is 0. The van der Waals surface area contributed by atoms with Gasteiger partial charge in [0.25, 0.3) is 0 Å². The zero-order chi connectivity index (χ0) is 18.2. The molecule has 0 bridgehead atoms. The molecule has 0 radical (unpaired) electrons. The first-order valence-electron chi connectivity index (χ1n) is 9.45. The van der Waals surface area contributed by atoms with E-state index in [2.05, 4.69) is 72.1 Å². The van der Waals surface area contributed by atoms with Crippen LogP contribution < -0.4 is 0 Å². The molecule has 6 heteroatoms. The van der Waals surface area contributed by atoms with Crippen LogP contribution >= 0.6 is 0 Å². The number of nitrogens with zero attached hydrogens (tertiary/aromatic N) is 4. The molecule has 0 aromatic heterocycles. The van der Waals surface area contributed by atoms with Gasteiger partial charge in [0, 0.05) is 50.0 Å². The molecule has 0 N–H and O–H groups in total. The second kappa shape index (κ2) is 7.08. The van der Waals surface area contributed by atoms with Crippen molar-refractivity contribution in [2.24, 2.45) is 0 Å². The van der Waals surface area contributed by atoms with Gasteiger partial charge in [-0.1, -0.05) is 0 Å². The predicted molar refractivity (Wildman–Crippen MR) is 99.2 cm³/mol. The maximum Gasteiger partial charge on any atom is 0.163 e. The maximum atomic E-state index is 6.22. The van der Waals surface area contributed by atoms with Crippen molar-refractivity contribution in [3.8, 4) is 0 Å². The fourth-order valence-electron chi connectivity index (χ4n) is 3.56. The van der Waals surface area contributed by atoms with Crippen LogP contribution in [-0.2, 0) is 9.47 Å². The standard InChI is InChI=1S/C19H34N4O2/c1-15(2)22-9-7-20(13-22)11-17-18(25-19(5,6)24-17)12-21-8-10-23(14-21)16(3)4/h7-10,15-18H,11-14H2,1-6H3/t17-,18-/m0/s1. The van der Waals surface area contributed by atoms with Crippen LogP contribution in [0.5, 0.6) is 0 Å². The molecular formula is C19H34N4O2. The number of ether oxygens (including phenoxy) is 2. The molecule has 2 atom stereocenters. The summed E-state index contributed by atoms with van der Waals surface area (Å²) in [4.78, 5) is 9.31. The Morgan fingerprint density at radius 3 is 1.52 bits per heavy atom. The Morgan fingerprint density at radius 1 is 0.800 bits per heavy atom. The van der Waals surface area contributed by atoms with Crippen molar-refractivity contribution in [2.75, 3.05) is 26.4 Å². The molecule has 0 aromatic rings. The van der Waals surface area contributed by atoms with Gasteiger partial charge in [-0.15, -0.1) is 0 Å². The Balaban J connectivity index is 1.57. The van der Waals surface area contributed by atoms with E-state index in [4.69, 9.17) is 9.47 Å². The molecule has 3 aliphatic heterocycles. The second-order valence-electron chi connectivity index (χ2n) is 8.35. The van der Waals surface area contributed by atoms with E-state index in [1.807, 2.05) is 13.8 Å². The summed E-state index contributed by atoms with van der Waals surface area (Å²) in [6.45, 7) is 16.5. The van der Waals surface area contributed by atoms with Gasteiger partial charge in [0.1, 0.15) is 12.2 Å². The molecule has 3 rings (SSSR count). The first-order valence-corrected chi connectivity index (χ1v) is 9.45. The molecule has 0 spiro atoms. The average molecular weight is 351 g/mol. The third kappa shape index (κ3) is 4.42. The lowest BCUT2D eigenvalue weighted by Gasteiger charge is -2.29. The van der Waals surface area contributed by atoms with Crippen molar-refractivity contribution >= 4 is 0 Å². The molecule has 1 saturated heterocycles. The highest BCUT2D eigenvalue weighted by atomic mass is 16.8. The second-order valence-corrected chi connectivity index (χ2v) is 8.35. The number of hydrogen-bond acceptors (Lipinski definition) is 6. The van der Waals surface area contributed by atoms with Crippen molar-refractivity contribution in [1.82, 2.24) is 19.6 Å². The van der Waals surface area contributed by atoms with E-state index in [0.29, 0.717) is 12.1 Å². The van der Waals surface area contributed by atoms with Crippen molar-refractivity contribution < 1.29 is 9.47 Å². The SMILES string of the molecule is CC(C)N1C=CN(C[C@@H]2OC(C)(C)O[C@H]2CN2C=CN(C(C)C)C2)C1. The third-order valence-corrected chi connectivity index (χ3v) is 5.07. The third-order valence-electron chi connectivity index (χ3n) is 5.07. The van der Waals surface area contributed by atoms with E-state index >= 15 is 0 Å². The zero-order valence-corrected chi connectivity index (χ0v) is 16.6. The van der Waals surface area contributed by atoms with Gasteiger partial charge in [0.2, 0.25) is 0 Å². The topological polar surface area (TPSA) is 31.4 Å². The van der Waals surface area contributed by atoms with Crippen LogP contribution in [0.2, 0.25) is 0 Å². The zero-order valence-electron chi connectivity index (χ0n) is 16.6. The van der Waals surface area contributed by atoms with E-state index in [1.54, 1.807) is 0 Å². The van der Waals surface area contributed by atoms with Crippen LogP contribution in [0.15, 0.2) is 24.8 Å². The summed E-state index contributed by atoms with van der Waals surface area (Å²) in [6.07, 6.45) is 8.83. The first-order chi connectivity index (χ1) is 11.7. The van der Waals surface area contributed by atoms with Gasteiger partial charge in [-0.3, -0.25) is 0 Å². The predicted octanol–water partition coefficient (Wildman–Crippen LogP) is 2.42. The summed E-state index contributed by atoms with van der Waals surface area (Å²) >= 11 is 0. The van der Waals surface area contributed by atoms with E-state index < -0.39 is 5.79 Å². The Kier molecular flexibility index (Phi) is 5.21. The Bertz CT molecular complexity index is 474. The van der Waals surface area contributed by atoms with Crippen LogP contribution in [0, 0.1) is 0 Å². The summed E-state index contributed by atoms with van der Waals surface area (Å²) in [5.41, 5.74) is 0. The first kappa shape index (κ1) is 18.4. The van der Waals surface area contributed by atoms with Crippen molar-refractivity contribution in [3.05, 3.63) is 24.8 Å².